The lowest BCUT2D eigenvalue weighted by molar-refractivity contribution is 0.0939. The molecule has 3 nitrogen and oxygen atoms in total. The lowest BCUT2D eigenvalue weighted by Crippen LogP contribution is -2.28. The highest BCUT2D eigenvalue weighted by atomic mass is 35.5. The molecule has 0 fully saturated rings. The fraction of sp³-hybridized carbons (Fsp3) is 0.278. The molecule has 0 aliphatic heterocycles. The Kier molecular flexibility index (Phi) is 5.99. The van der Waals surface area contributed by atoms with Gasteiger partial charge in [-0.15, -0.1) is 0 Å². The van der Waals surface area contributed by atoms with E-state index >= 15 is 0 Å². The van der Waals surface area contributed by atoms with Gasteiger partial charge in [-0.2, -0.15) is 0 Å². The van der Waals surface area contributed by atoms with Gasteiger partial charge in [0, 0.05) is 10.6 Å². The largest absolute Gasteiger partial charge is 0.346 e. The minimum Gasteiger partial charge on any atom is -0.346 e. The molecule has 116 valence electrons. The minimum absolute atomic E-state index is 0.0471. The molecular formula is C18H21ClN2O. The molecule has 1 atom stereocenters. The lowest BCUT2D eigenvalue weighted by atomic mass is 10.0. The molecule has 22 heavy (non-hydrogen) atoms. The fourth-order valence-electron chi connectivity index (χ4n) is 2.33. The zero-order valence-electron chi connectivity index (χ0n) is 12.9. The molecule has 1 amide bonds. The summed E-state index contributed by atoms with van der Waals surface area (Å²) in [5.41, 5.74) is 2.82. The maximum Gasteiger partial charge on any atom is 0.252 e. The van der Waals surface area contributed by atoms with Crippen molar-refractivity contribution in [2.45, 2.75) is 19.4 Å². The summed E-state index contributed by atoms with van der Waals surface area (Å²) < 4.78 is 0. The van der Waals surface area contributed by atoms with Crippen molar-refractivity contribution in [3.05, 3.63) is 70.2 Å². The van der Waals surface area contributed by atoms with E-state index in [2.05, 4.69) is 10.6 Å². The molecule has 0 radical (unpaired) electrons. The molecule has 1 unspecified atom stereocenters. The number of carbonyl (C=O) groups excluding carboxylic acids is 1. The molecule has 0 heterocycles. The fourth-order valence-corrected chi connectivity index (χ4v) is 2.45. The molecule has 2 rings (SSSR count). The molecule has 0 bridgehead atoms. The van der Waals surface area contributed by atoms with Crippen LogP contribution in [0.2, 0.25) is 5.02 Å². The van der Waals surface area contributed by atoms with Crippen LogP contribution in [0.1, 0.15) is 34.5 Å². The first kappa shape index (κ1) is 16.5. The van der Waals surface area contributed by atoms with Crippen molar-refractivity contribution in [1.82, 2.24) is 10.6 Å². The zero-order valence-corrected chi connectivity index (χ0v) is 13.7. The zero-order chi connectivity index (χ0) is 15.9. The van der Waals surface area contributed by atoms with Gasteiger partial charge in [0.15, 0.2) is 0 Å². The predicted octanol–water partition coefficient (Wildman–Crippen LogP) is 3.59. The van der Waals surface area contributed by atoms with Crippen LogP contribution < -0.4 is 10.6 Å². The first-order valence-electron chi connectivity index (χ1n) is 7.40. The van der Waals surface area contributed by atoms with E-state index in [1.54, 1.807) is 0 Å². The van der Waals surface area contributed by atoms with Crippen molar-refractivity contribution in [3.63, 3.8) is 0 Å². The van der Waals surface area contributed by atoms with Gasteiger partial charge >= 0.3 is 0 Å². The maximum absolute atomic E-state index is 12.5. The Morgan fingerprint density at radius 3 is 2.50 bits per heavy atom. The van der Waals surface area contributed by atoms with Crippen LogP contribution in [0, 0.1) is 0 Å². The van der Waals surface area contributed by atoms with E-state index < -0.39 is 0 Å². The second-order valence-electron chi connectivity index (χ2n) is 5.26. The number of nitrogens with one attached hydrogen (secondary N) is 2. The Bertz CT molecular complexity index is 625. The number of likely N-dealkylation sites (N-methyl/N-ethyl adjacent to an activating group) is 1. The third-order valence-corrected chi connectivity index (χ3v) is 3.88. The van der Waals surface area contributed by atoms with E-state index in [0.29, 0.717) is 5.02 Å². The molecule has 2 aromatic carbocycles. The van der Waals surface area contributed by atoms with Crippen molar-refractivity contribution in [2.24, 2.45) is 0 Å². The van der Waals surface area contributed by atoms with Gasteiger partial charge in [-0.25, -0.2) is 0 Å². The van der Waals surface area contributed by atoms with Crippen LogP contribution in [0.3, 0.4) is 0 Å². The SMILES string of the molecule is CNCCc1ccccc1C(=O)NC(C)c1ccc(Cl)cc1. The van der Waals surface area contributed by atoms with Crippen LogP contribution in [0.25, 0.3) is 0 Å². The molecule has 0 aliphatic carbocycles. The van der Waals surface area contributed by atoms with Gasteiger partial charge in [-0.3, -0.25) is 4.79 Å². The smallest absolute Gasteiger partial charge is 0.252 e. The van der Waals surface area contributed by atoms with Crippen molar-refractivity contribution < 1.29 is 4.79 Å². The van der Waals surface area contributed by atoms with Crippen molar-refractivity contribution >= 4 is 17.5 Å². The number of benzene rings is 2. The van der Waals surface area contributed by atoms with Crippen LogP contribution in [-0.4, -0.2) is 19.5 Å². The number of rotatable bonds is 6. The van der Waals surface area contributed by atoms with Crippen LogP contribution in [-0.2, 0) is 6.42 Å². The summed E-state index contributed by atoms with van der Waals surface area (Å²) in [5, 5.41) is 6.85. The van der Waals surface area contributed by atoms with E-state index in [4.69, 9.17) is 11.6 Å². The monoisotopic (exact) mass is 316 g/mol. The number of hydrogen-bond acceptors (Lipinski definition) is 2. The summed E-state index contributed by atoms with van der Waals surface area (Å²) in [7, 11) is 1.91. The van der Waals surface area contributed by atoms with Crippen molar-refractivity contribution in [1.29, 1.82) is 0 Å². The van der Waals surface area contributed by atoms with Crippen LogP contribution in [0.4, 0.5) is 0 Å². The summed E-state index contributed by atoms with van der Waals surface area (Å²) in [6.07, 6.45) is 0.829. The minimum atomic E-state index is -0.0675. The Hall–Kier alpha value is -1.84. The third kappa shape index (κ3) is 4.33. The number of carbonyl (C=O) groups is 1. The van der Waals surface area contributed by atoms with Crippen LogP contribution in [0.5, 0.6) is 0 Å². The van der Waals surface area contributed by atoms with E-state index in [1.807, 2.05) is 62.5 Å². The quantitative estimate of drug-likeness (QED) is 0.855. The highest BCUT2D eigenvalue weighted by Crippen LogP contribution is 2.17. The average molecular weight is 317 g/mol. The molecule has 0 saturated heterocycles. The molecule has 2 aromatic rings. The molecule has 0 aromatic heterocycles. The number of amides is 1. The van der Waals surface area contributed by atoms with Gasteiger partial charge < -0.3 is 10.6 Å². The highest BCUT2D eigenvalue weighted by molar-refractivity contribution is 6.30. The van der Waals surface area contributed by atoms with Crippen molar-refractivity contribution in [3.8, 4) is 0 Å². The maximum atomic E-state index is 12.5. The van der Waals surface area contributed by atoms with E-state index in [1.165, 1.54) is 0 Å². The average Bonchev–Trinajstić information content (AvgIpc) is 2.53. The van der Waals surface area contributed by atoms with Crippen LogP contribution >= 0.6 is 11.6 Å². The molecular weight excluding hydrogens is 296 g/mol. The van der Waals surface area contributed by atoms with Gasteiger partial charge in [-0.05, 0) is 56.3 Å². The molecule has 0 saturated carbocycles. The summed E-state index contributed by atoms with van der Waals surface area (Å²) >= 11 is 5.89. The Morgan fingerprint density at radius 1 is 1.14 bits per heavy atom. The van der Waals surface area contributed by atoms with E-state index in [9.17, 15) is 4.79 Å². The second-order valence-corrected chi connectivity index (χ2v) is 5.69. The number of hydrogen-bond donors (Lipinski definition) is 2. The first-order chi connectivity index (χ1) is 10.6. The predicted molar refractivity (Wildman–Crippen MR) is 91.4 cm³/mol. The van der Waals surface area contributed by atoms with Gasteiger partial charge in [0.05, 0.1) is 6.04 Å². The molecule has 2 N–H and O–H groups in total. The Morgan fingerprint density at radius 2 is 1.82 bits per heavy atom. The van der Waals surface area contributed by atoms with Gasteiger partial charge in [0.1, 0.15) is 0 Å². The van der Waals surface area contributed by atoms with Gasteiger partial charge in [0.25, 0.3) is 5.91 Å². The van der Waals surface area contributed by atoms with E-state index in [0.717, 1.165) is 29.7 Å². The standard InChI is InChI=1S/C18H21ClN2O/c1-13(14-7-9-16(19)10-8-14)21-18(22)17-6-4-3-5-15(17)11-12-20-2/h3-10,13,20H,11-12H2,1-2H3,(H,21,22). The molecule has 0 spiro atoms. The molecule has 0 aliphatic rings. The van der Waals surface area contributed by atoms with Crippen LogP contribution in [0.15, 0.2) is 48.5 Å². The normalized spacial score (nSPS) is 12.0. The highest BCUT2D eigenvalue weighted by Gasteiger charge is 2.14. The van der Waals surface area contributed by atoms with E-state index in [-0.39, 0.29) is 11.9 Å². The molecule has 4 heteroatoms. The summed E-state index contributed by atoms with van der Waals surface area (Å²) in [4.78, 5) is 12.5. The topological polar surface area (TPSA) is 41.1 Å². The summed E-state index contributed by atoms with van der Waals surface area (Å²) in [5.74, 6) is -0.0471. The first-order valence-corrected chi connectivity index (χ1v) is 7.78. The summed E-state index contributed by atoms with van der Waals surface area (Å²) in [6, 6.07) is 15.2. The van der Waals surface area contributed by atoms with Gasteiger partial charge in [0.2, 0.25) is 0 Å². The Labute approximate surface area is 136 Å². The Balaban J connectivity index is 2.10. The summed E-state index contributed by atoms with van der Waals surface area (Å²) in [6.45, 7) is 2.81. The van der Waals surface area contributed by atoms with Gasteiger partial charge in [-0.1, -0.05) is 41.9 Å². The lowest BCUT2D eigenvalue weighted by Gasteiger charge is -2.16. The second kappa shape index (κ2) is 7.97. The van der Waals surface area contributed by atoms with Crippen molar-refractivity contribution in [2.75, 3.05) is 13.6 Å². The number of halogens is 1. The third-order valence-electron chi connectivity index (χ3n) is 3.62.